The van der Waals surface area contributed by atoms with Crippen molar-refractivity contribution in [3.8, 4) is 11.1 Å². The fourth-order valence-electron chi connectivity index (χ4n) is 2.01. The van der Waals surface area contributed by atoms with Gasteiger partial charge in [0.2, 0.25) is 0 Å². The van der Waals surface area contributed by atoms with Crippen LogP contribution in [0, 0.1) is 0 Å². The van der Waals surface area contributed by atoms with E-state index in [4.69, 9.17) is 0 Å². The van der Waals surface area contributed by atoms with Gasteiger partial charge in [-0.2, -0.15) is 5.10 Å². The lowest BCUT2D eigenvalue weighted by Gasteiger charge is -2.15. The summed E-state index contributed by atoms with van der Waals surface area (Å²) in [5.74, 6) is 0. The van der Waals surface area contributed by atoms with E-state index < -0.39 is 0 Å². The van der Waals surface area contributed by atoms with E-state index in [1.54, 1.807) is 0 Å². The average Bonchev–Trinajstić information content (AvgIpc) is 2.65. The highest BCUT2D eigenvalue weighted by atomic mass is 79.9. The van der Waals surface area contributed by atoms with Crippen LogP contribution in [0.3, 0.4) is 0 Å². The first-order valence-electron chi connectivity index (χ1n) is 4.65. The number of aromatic nitrogens is 2. The van der Waals surface area contributed by atoms with Crippen LogP contribution in [0.4, 0.5) is 0 Å². The molecule has 14 heavy (non-hydrogen) atoms. The number of nitrogens with one attached hydrogen (secondary N) is 1. The van der Waals surface area contributed by atoms with Crippen molar-refractivity contribution in [1.82, 2.24) is 10.2 Å². The summed E-state index contributed by atoms with van der Waals surface area (Å²) in [5.41, 5.74) is 5.25. The zero-order valence-corrected chi connectivity index (χ0v) is 9.13. The van der Waals surface area contributed by atoms with E-state index in [1.807, 2.05) is 6.20 Å². The van der Waals surface area contributed by atoms with Gasteiger partial charge in [-0.15, -0.1) is 0 Å². The molecule has 0 unspecified atom stereocenters. The monoisotopic (exact) mass is 248 g/mol. The van der Waals surface area contributed by atoms with Crippen LogP contribution in [0.25, 0.3) is 11.1 Å². The predicted octanol–water partition coefficient (Wildman–Crippen LogP) is 2.94. The smallest absolute Gasteiger partial charge is 0.0568 e. The Morgan fingerprint density at radius 2 is 2.14 bits per heavy atom. The van der Waals surface area contributed by atoms with Gasteiger partial charge >= 0.3 is 0 Å². The van der Waals surface area contributed by atoms with Crippen molar-refractivity contribution in [2.24, 2.45) is 0 Å². The minimum absolute atomic E-state index is 1.07. The van der Waals surface area contributed by atoms with Gasteiger partial charge in [-0.25, -0.2) is 0 Å². The number of aromatic amines is 1. The highest BCUT2D eigenvalue weighted by Gasteiger charge is 2.17. The molecule has 1 aromatic heterocycles. The van der Waals surface area contributed by atoms with Gasteiger partial charge in [0.15, 0.2) is 0 Å². The Morgan fingerprint density at radius 3 is 3.07 bits per heavy atom. The van der Waals surface area contributed by atoms with Crippen LogP contribution in [-0.2, 0) is 12.8 Å². The highest BCUT2D eigenvalue weighted by molar-refractivity contribution is 9.10. The zero-order chi connectivity index (χ0) is 9.54. The van der Waals surface area contributed by atoms with Gasteiger partial charge in [0.1, 0.15) is 0 Å². The second-order valence-corrected chi connectivity index (χ2v) is 4.48. The van der Waals surface area contributed by atoms with Gasteiger partial charge in [-0.3, -0.25) is 5.10 Å². The van der Waals surface area contributed by atoms with Crippen molar-refractivity contribution < 1.29 is 0 Å². The van der Waals surface area contributed by atoms with Crippen molar-refractivity contribution in [2.75, 3.05) is 0 Å². The number of nitrogens with zero attached hydrogens (tertiary/aromatic N) is 1. The van der Waals surface area contributed by atoms with Crippen molar-refractivity contribution in [1.29, 1.82) is 0 Å². The van der Waals surface area contributed by atoms with Gasteiger partial charge in [0.25, 0.3) is 0 Å². The zero-order valence-electron chi connectivity index (χ0n) is 7.55. The average molecular weight is 249 g/mol. The Balaban J connectivity index is 2.28. The number of aryl methyl sites for hydroxylation is 2. The van der Waals surface area contributed by atoms with E-state index >= 15 is 0 Å². The molecule has 0 amide bonds. The van der Waals surface area contributed by atoms with Gasteiger partial charge < -0.3 is 0 Å². The summed E-state index contributed by atoms with van der Waals surface area (Å²) in [7, 11) is 0. The predicted molar refractivity (Wildman–Crippen MR) is 59.1 cm³/mol. The number of benzene rings is 1. The molecule has 2 aromatic rings. The third-order valence-corrected chi connectivity index (χ3v) is 3.22. The first-order chi connectivity index (χ1) is 6.84. The standard InChI is InChI=1S/C11H9BrN2/c12-8-3-1-7-2-4-11-10(6-13-14-11)9(7)5-8/h1,3,5-6H,2,4H2,(H,13,14). The molecule has 0 saturated heterocycles. The van der Waals surface area contributed by atoms with Crippen LogP contribution in [-0.4, -0.2) is 10.2 Å². The first kappa shape index (κ1) is 8.24. The number of H-pyrrole nitrogens is 1. The topological polar surface area (TPSA) is 28.7 Å². The molecule has 0 saturated carbocycles. The van der Waals surface area contributed by atoms with E-state index in [2.05, 4.69) is 44.3 Å². The molecule has 1 N–H and O–H groups in total. The molecule has 1 aliphatic carbocycles. The van der Waals surface area contributed by atoms with Crippen molar-refractivity contribution in [3.63, 3.8) is 0 Å². The van der Waals surface area contributed by atoms with E-state index in [9.17, 15) is 0 Å². The van der Waals surface area contributed by atoms with E-state index in [1.165, 1.54) is 22.4 Å². The molecule has 70 valence electrons. The molecule has 0 bridgehead atoms. The van der Waals surface area contributed by atoms with E-state index in [0.29, 0.717) is 0 Å². The first-order valence-corrected chi connectivity index (χ1v) is 5.45. The molecule has 1 aliphatic rings. The molecule has 0 atom stereocenters. The number of halogens is 1. The summed E-state index contributed by atoms with van der Waals surface area (Å²) in [6.45, 7) is 0. The lowest BCUT2D eigenvalue weighted by atomic mass is 9.90. The summed E-state index contributed by atoms with van der Waals surface area (Å²) in [6.07, 6.45) is 4.10. The maximum absolute atomic E-state index is 4.09. The van der Waals surface area contributed by atoms with Crippen molar-refractivity contribution in [3.05, 3.63) is 40.1 Å². The molecule has 0 spiro atoms. The molecule has 3 rings (SSSR count). The number of rotatable bonds is 0. The summed E-state index contributed by atoms with van der Waals surface area (Å²) in [6, 6.07) is 6.46. The molecule has 3 heteroatoms. The SMILES string of the molecule is Brc1ccc2c(c1)-c1cn[nH]c1CC2. The minimum atomic E-state index is 1.07. The maximum Gasteiger partial charge on any atom is 0.0568 e. The van der Waals surface area contributed by atoms with Gasteiger partial charge in [0, 0.05) is 15.7 Å². The number of hydrogen-bond donors (Lipinski definition) is 1. The Morgan fingerprint density at radius 1 is 1.21 bits per heavy atom. The molecule has 2 nitrogen and oxygen atoms in total. The maximum atomic E-state index is 4.09. The number of hydrogen-bond acceptors (Lipinski definition) is 1. The van der Waals surface area contributed by atoms with Crippen molar-refractivity contribution in [2.45, 2.75) is 12.8 Å². The third kappa shape index (κ3) is 1.12. The lowest BCUT2D eigenvalue weighted by molar-refractivity contribution is 0.882. The lowest BCUT2D eigenvalue weighted by Crippen LogP contribution is -2.02. The summed E-state index contributed by atoms with van der Waals surface area (Å²) in [5, 5.41) is 7.14. The summed E-state index contributed by atoms with van der Waals surface area (Å²) >= 11 is 3.50. The summed E-state index contributed by atoms with van der Waals surface area (Å²) in [4.78, 5) is 0. The molecular formula is C11H9BrN2. The van der Waals surface area contributed by atoms with Crippen molar-refractivity contribution >= 4 is 15.9 Å². The Bertz CT molecular complexity index is 488. The summed E-state index contributed by atoms with van der Waals surface area (Å²) < 4.78 is 1.13. The molecule has 1 aromatic carbocycles. The van der Waals surface area contributed by atoms with Crippen LogP contribution < -0.4 is 0 Å². The van der Waals surface area contributed by atoms with Gasteiger partial charge in [0.05, 0.1) is 6.20 Å². The Hall–Kier alpha value is -1.09. The number of fused-ring (bicyclic) bond motifs is 3. The van der Waals surface area contributed by atoms with Crippen LogP contribution in [0.5, 0.6) is 0 Å². The molecule has 0 aliphatic heterocycles. The quantitative estimate of drug-likeness (QED) is 0.764. The minimum Gasteiger partial charge on any atom is -0.282 e. The highest BCUT2D eigenvalue weighted by Crippen LogP contribution is 2.33. The second-order valence-electron chi connectivity index (χ2n) is 3.56. The Kier molecular flexibility index (Phi) is 1.74. The molecule has 0 fully saturated rings. The third-order valence-electron chi connectivity index (χ3n) is 2.72. The molecule has 1 heterocycles. The Labute approximate surface area is 90.5 Å². The largest absolute Gasteiger partial charge is 0.282 e. The molecular weight excluding hydrogens is 240 g/mol. The fraction of sp³-hybridized carbons (Fsp3) is 0.182. The normalized spacial score (nSPS) is 13.5. The van der Waals surface area contributed by atoms with Gasteiger partial charge in [-0.05, 0) is 36.1 Å². The van der Waals surface area contributed by atoms with Crippen LogP contribution in [0.15, 0.2) is 28.9 Å². The second kappa shape index (κ2) is 2.95. The molecule has 0 radical (unpaired) electrons. The van der Waals surface area contributed by atoms with Crippen LogP contribution >= 0.6 is 15.9 Å². The van der Waals surface area contributed by atoms with Crippen LogP contribution in [0.2, 0.25) is 0 Å². The van der Waals surface area contributed by atoms with Crippen LogP contribution in [0.1, 0.15) is 11.3 Å². The fourth-order valence-corrected chi connectivity index (χ4v) is 2.37. The van der Waals surface area contributed by atoms with E-state index in [-0.39, 0.29) is 0 Å². The van der Waals surface area contributed by atoms with E-state index in [0.717, 1.165) is 17.3 Å². The van der Waals surface area contributed by atoms with Gasteiger partial charge in [-0.1, -0.05) is 22.0 Å².